The van der Waals surface area contributed by atoms with Gasteiger partial charge in [0.05, 0.1) is 64.5 Å². The van der Waals surface area contributed by atoms with Crippen molar-refractivity contribution >= 4 is 37.5 Å². The van der Waals surface area contributed by atoms with E-state index >= 15 is 0 Å². The largest absolute Gasteiger partial charge is 0.447 e. The summed E-state index contributed by atoms with van der Waals surface area (Å²) < 4.78 is 49.9. The second kappa shape index (κ2) is 22.0. The summed E-state index contributed by atoms with van der Waals surface area (Å²) in [6.07, 6.45) is 5.05. The summed E-state index contributed by atoms with van der Waals surface area (Å²) in [5.41, 5.74) is 0. The molecular formula is C26H48FN4O9PS. The van der Waals surface area contributed by atoms with Gasteiger partial charge < -0.3 is 44.7 Å². The SMILES string of the molecule is CCOP(=O)(F)CCOCCOCCOCCOC(=O)NCCCCCNC(=O)CCCC[C@@H]1SC[C@@H]2NC(=O)N[C@@H]21. The third-order valence-electron chi connectivity index (χ3n) is 6.56. The zero-order valence-electron chi connectivity index (χ0n) is 24.6. The number of nitrogens with one attached hydrogen (secondary N) is 4. The molecule has 1 unspecified atom stereocenters. The summed E-state index contributed by atoms with van der Waals surface area (Å²) in [5.74, 6) is 1.01. The predicted octanol–water partition coefficient (Wildman–Crippen LogP) is 2.97. The van der Waals surface area contributed by atoms with Crippen molar-refractivity contribution in [2.24, 2.45) is 0 Å². The fraction of sp³-hybridized carbons (Fsp3) is 0.885. The molecule has 0 aromatic carbocycles. The smallest absolute Gasteiger partial charge is 0.407 e. The molecule has 2 aliphatic heterocycles. The highest BCUT2D eigenvalue weighted by Crippen LogP contribution is 2.47. The van der Waals surface area contributed by atoms with Crippen molar-refractivity contribution in [3.05, 3.63) is 0 Å². The van der Waals surface area contributed by atoms with Crippen LogP contribution in [0, 0.1) is 0 Å². The molecule has 42 heavy (non-hydrogen) atoms. The number of carbonyl (C=O) groups excluding carboxylic acids is 3. The van der Waals surface area contributed by atoms with E-state index in [1.165, 1.54) is 0 Å². The van der Waals surface area contributed by atoms with Gasteiger partial charge in [0.2, 0.25) is 5.91 Å². The Bertz CT molecular complexity index is 848. The average Bonchev–Trinajstić information content (AvgIpc) is 3.50. The maximum atomic E-state index is 13.3. The highest BCUT2D eigenvalue weighted by Gasteiger charge is 2.42. The minimum atomic E-state index is -4.05. The lowest BCUT2D eigenvalue weighted by molar-refractivity contribution is -0.121. The zero-order valence-corrected chi connectivity index (χ0v) is 26.3. The molecule has 4 N–H and O–H groups in total. The summed E-state index contributed by atoms with van der Waals surface area (Å²) in [4.78, 5) is 35.2. The zero-order chi connectivity index (χ0) is 30.5. The van der Waals surface area contributed by atoms with E-state index in [0.717, 1.165) is 44.3 Å². The molecule has 4 atom stereocenters. The third kappa shape index (κ3) is 16.9. The number of hydrogen-bond donors (Lipinski definition) is 4. The molecule has 0 bridgehead atoms. The standard InChI is InChI=1S/C26H48FN4O9PS/c1-2-40-41(27,35)19-18-38-15-14-36-12-13-37-16-17-39-26(34)29-11-7-3-6-10-28-23(32)9-5-4-8-22-24-21(20-42-22)30-25(33)31-24/h21-22,24H,2-20H2,1H3,(H,28,32)(H,29,34)(H2,30,31,33)/t21-,22-,24-,41?/m0/s1. The van der Waals surface area contributed by atoms with Crippen LogP contribution in [0.3, 0.4) is 0 Å². The molecule has 4 amide bonds. The van der Waals surface area contributed by atoms with Crippen LogP contribution < -0.4 is 21.3 Å². The van der Waals surface area contributed by atoms with E-state index in [0.29, 0.717) is 44.6 Å². The van der Waals surface area contributed by atoms with Crippen LogP contribution in [-0.2, 0) is 32.8 Å². The minimum Gasteiger partial charge on any atom is -0.447 e. The third-order valence-corrected chi connectivity index (χ3v) is 9.42. The number of amides is 4. The number of rotatable bonds is 25. The number of unbranched alkanes of at least 4 members (excludes halogenated alkanes) is 3. The van der Waals surface area contributed by atoms with Gasteiger partial charge in [0.25, 0.3) is 0 Å². The molecule has 2 saturated heterocycles. The van der Waals surface area contributed by atoms with Crippen LogP contribution in [0.5, 0.6) is 0 Å². The first-order valence-electron chi connectivity index (χ1n) is 14.8. The van der Waals surface area contributed by atoms with Crippen LogP contribution in [0.4, 0.5) is 13.8 Å². The fourth-order valence-electron chi connectivity index (χ4n) is 4.42. The van der Waals surface area contributed by atoms with Crippen LogP contribution in [-0.4, -0.2) is 113 Å². The van der Waals surface area contributed by atoms with Crippen molar-refractivity contribution < 1.29 is 46.6 Å². The Balaban J connectivity index is 1.27. The van der Waals surface area contributed by atoms with Gasteiger partial charge in [-0.05, 0) is 39.0 Å². The normalized spacial score (nSPS) is 20.8. The molecular weight excluding hydrogens is 594 g/mol. The summed E-state index contributed by atoms with van der Waals surface area (Å²) >= 11 is 1.89. The van der Waals surface area contributed by atoms with Gasteiger partial charge in [-0.2, -0.15) is 16.0 Å². The van der Waals surface area contributed by atoms with Crippen molar-refractivity contribution in [2.75, 3.05) is 77.9 Å². The molecule has 0 spiro atoms. The molecule has 16 heteroatoms. The van der Waals surface area contributed by atoms with E-state index in [4.69, 9.17) is 18.9 Å². The Morgan fingerprint density at radius 2 is 1.60 bits per heavy atom. The summed E-state index contributed by atoms with van der Waals surface area (Å²) in [6, 6.07) is 0.381. The van der Waals surface area contributed by atoms with Crippen LogP contribution >= 0.6 is 19.4 Å². The summed E-state index contributed by atoms with van der Waals surface area (Å²) in [5, 5.41) is 12.0. The van der Waals surface area contributed by atoms with Crippen LogP contribution in [0.15, 0.2) is 0 Å². The lowest BCUT2D eigenvalue weighted by Crippen LogP contribution is -2.36. The van der Waals surface area contributed by atoms with Gasteiger partial charge in [-0.3, -0.25) is 9.36 Å². The van der Waals surface area contributed by atoms with Gasteiger partial charge in [0.15, 0.2) is 0 Å². The number of thioether (sulfide) groups is 1. The highest BCUT2D eigenvalue weighted by atomic mass is 32.2. The Morgan fingerprint density at radius 1 is 0.929 bits per heavy atom. The number of alkyl carbamates (subject to hydrolysis) is 1. The molecule has 2 rings (SSSR count). The quantitative estimate of drug-likeness (QED) is 0.0662. The van der Waals surface area contributed by atoms with Crippen molar-refractivity contribution in [3.8, 4) is 0 Å². The number of fused-ring (bicyclic) bond motifs is 1. The first-order chi connectivity index (χ1) is 20.3. The lowest BCUT2D eigenvalue weighted by Gasteiger charge is -2.16. The van der Waals surface area contributed by atoms with Crippen molar-refractivity contribution in [1.82, 2.24) is 21.3 Å². The van der Waals surface area contributed by atoms with E-state index < -0.39 is 13.8 Å². The van der Waals surface area contributed by atoms with Crippen molar-refractivity contribution in [3.63, 3.8) is 0 Å². The Kier molecular flexibility index (Phi) is 19.1. The van der Waals surface area contributed by atoms with Crippen molar-refractivity contribution in [2.45, 2.75) is 69.2 Å². The molecule has 0 aliphatic carbocycles. The maximum Gasteiger partial charge on any atom is 0.407 e. The average molecular weight is 643 g/mol. The number of hydrogen-bond acceptors (Lipinski definition) is 10. The van der Waals surface area contributed by atoms with E-state index in [1.807, 2.05) is 11.8 Å². The molecule has 0 aromatic rings. The first-order valence-corrected chi connectivity index (χ1v) is 17.6. The molecule has 0 radical (unpaired) electrons. The van der Waals surface area contributed by atoms with E-state index in [9.17, 15) is 23.1 Å². The number of ether oxygens (including phenoxy) is 4. The maximum absolute atomic E-state index is 13.3. The summed E-state index contributed by atoms with van der Waals surface area (Å²) in [6.45, 7) is 4.30. The molecule has 0 saturated carbocycles. The lowest BCUT2D eigenvalue weighted by atomic mass is 10.0. The van der Waals surface area contributed by atoms with Gasteiger partial charge in [0, 0.05) is 30.5 Å². The minimum absolute atomic E-state index is 0.00394. The monoisotopic (exact) mass is 642 g/mol. The molecule has 13 nitrogen and oxygen atoms in total. The van der Waals surface area contributed by atoms with Gasteiger partial charge in [-0.15, -0.1) is 0 Å². The predicted molar refractivity (Wildman–Crippen MR) is 158 cm³/mol. The van der Waals surface area contributed by atoms with Gasteiger partial charge in [-0.1, -0.05) is 6.42 Å². The first kappa shape index (κ1) is 36.6. The second-order valence-corrected chi connectivity index (χ2v) is 13.1. The Labute approximate surface area is 252 Å². The van der Waals surface area contributed by atoms with Gasteiger partial charge >= 0.3 is 19.8 Å². The molecule has 2 aliphatic rings. The van der Waals surface area contributed by atoms with Gasteiger partial charge in [0.1, 0.15) is 6.61 Å². The topological polar surface area (TPSA) is 163 Å². The Hall–Kier alpha value is -1.64. The van der Waals surface area contributed by atoms with Crippen LogP contribution in [0.2, 0.25) is 0 Å². The number of urea groups is 1. The second-order valence-electron chi connectivity index (χ2n) is 9.91. The van der Waals surface area contributed by atoms with Crippen LogP contribution in [0.25, 0.3) is 0 Å². The molecule has 0 aromatic heterocycles. The molecule has 2 heterocycles. The fourth-order valence-corrected chi connectivity index (χ4v) is 6.83. The highest BCUT2D eigenvalue weighted by molar-refractivity contribution is 8.00. The van der Waals surface area contributed by atoms with Crippen LogP contribution in [0.1, 0.15) is 51.9 Å². The molecule has 2 fully saturated rings. The van der Waals surface area contributed by atoms with Gasteiger partial charge in [-0.25, -0.2) is 9.59 Å². The number of halogens is 1. The van der Waals surface area contributed by atoms with E-state index in [1.54, 1.807) is 6.92 Å². The Morgan fingerprint density at radius 3 is 2.31 bits per heavy atom. The molecule has 244 valence electrons. The van der Waals surface area contributed by atoms with Crippen molar-refractivity contribution in [1.29, 1.82) is 0 Å². The summed E-state index contributed by atoms with van der Waals surface area (Å²) in [7, 11) is -4.05. The number of carbonyl (C=O) groups is 3. The van der Waals surface area contributed by atoms with E-state index in [-0.39, 0.29) is 63.2 Å². The van der Waals surface area contributed by atoms with E-state index in [2.05, 4.69) is 25.8 Å².